The summed E-state index contributed by atoms with van der Waals surface area (Å²) < 4.78 is 29.8. The lowest BCUT2D eigenvalue weighted by Gasteiger charge is -2.33. The number of nitrogens with one attached hydrogen (secondary N) is 1. The van der Waals surface area contributed by atoms with E-state index in [4.69, 9.17) is 0 Å². The standard InChI is InChI=1S/C20H21N3O3S2/c24-20(19-14-17-8-4-5-9-18(17)27-19)21-28(25,26)23-12-10-22(11-13-23)15-16-6-2-1-3-7-16/h1-9,14H,10-13,15H2,(H,21,24). The van der Waals surface area contributed by atoms with Crippen LogP contribution in [0.3, 0.4) is 0 Å². The second-order valence-corrected chi connectivity index (χ2v) is 9.50. The summed E-state index contributed by atoms with van der Waals surface area (Å²) in [7, 11) is -3.85. The minimum Gasteiger partial charge on any atom is -0.296 e. The second-order valence-electron chi connectivity index (χ2n) is 6.75. The Kier molecular flexibility index (Phi) is 5.45. The average molecular weight is 416 g/mol. The van der Waals surface area contributed by atoms with E-state index in [1.54, 1.807) is 6.07 Å². The number of piperazine rings is 1. The van der Waals surface area contributed by atoms with Crippen molar-refractivity contribution in [1.82, 2.24) is 13.9 Å². The molecule has 2 aromatic carbocycles. The Morgan fingerprint density at radius 3 is 2.36 bits per heavy atom. The lowest BCUT2D eigenvalue weighted by Crippen LogP contribution is -2.52. The molecular weight excluding hydrogens is 394 g/mol. The Morgan fingerprint density at radius 1 is 0.964 bits per heavy atom. The summed E-state index contributed by atoms with van der Waals surface area (Å²) in [6.07, 6.45) is 0. The van der Waals surface area contributed by atoms with Gasteiger partial charge in [-0.3, -0.25) is 9.69 Å². The lowest BCUT2D eigenvalue weighted by atomic mass is 10.2. The van der Waals surface area contributed by atoms with Crippen LogP contribution < -0.4 is 4.72 Å². The number of thiophene rings is 1. The monoisotopic (exact) mass is 415 g/mol. The summed E-state index contributed by atoms with van der Waals surface area (Å²) in [6.45, 7) is 2.78. The Labute approximate surface area is 168 Å². The van der Waals surface area contributed by atoms with Gasteiger partial charge in [0.05, 0.1) is 4.88 Å². The number of hydrogen-bond acceptors (Lipinski definition) is 5. The molecule has 1 aliphatic heterocycles. The van der Waals surface area contributed by atoms with Gasteiger partial charge in [0.15, 0.2) is 0 Å². The molecule has 0 saturated carbocycles. The van der Waals surface area contributed by atoms with E-state index < -0.39 is 16.1 Å². The van der Waals surface area contributed by atoms with E-state index in [0.29, 0.717) is 31.1 Å². The number of rotatable bonds is 5. The molecule has 1 aromatic heterocycles. The molecule has 1 fully saturated rings. The highest BCUT2D eigenvalue weighted by Crippen LogP contribution is 2.25. The first-order chi connectivity index (χ1) is 13.5. The highest BCUT2D eigenvalue weighted by molar-refractivity contribution is 7.87. The van der Waals surface area contributed by atoms with Gasteiger partial charge < -0.3 is 0 Å². The molecule has 146 valence electrons. The molecule has 6 nitrogen and oxygen atoms in total. The number of benzene rings is 2. The van der Waals surface area contributed by atoms with Crippen molar-refractivity contribution >= 4 is 37.5 Å². The van der Waals surface area contributed by atoms with Crippen LogP contribution in [-0.4, -0.2) is 49.7 Å². The van der Waals surface area contributed by atoms with Crippen LogP contribution >= 0.6 is 11.3 Å². The number of carbonyl (C=O) groups is 1. The minimum absolute atomic E-state index is 0.363. The molecule has 0 unspecified atom stereocenters. The van der Waals surface area contributed by atoms with Crippen LogP contribution in [0.4, 0.5) is 0 Å². The van der Waals surface area contributed by atoms with Crippen LogP contribution in [0.5, 0.6) is 0 Å². The number of nitrogens with zero attached hydrogens (tertiary/aromatic N) is 2. The van der Waals surface area contributed by atoms with E-state index in [1.807, 2.05) is 42.5 Å². The van der Waals surface area contributed by atoms with Gasteiger partial charge in [0.1, 0.15) is 0 Å². The molecule has 3 aromatic rings. The number of amides is 1. The molecule has 4 rings (SSSR count). The molecule has 0 atom stereocenters. The van der Waals surface area contributed by atoms with Gasteiger partial charge in [0.25, 0.3) is 5.91 Å². The quantitative estimate of drug-likeness (QED) is 0.696. The third kappa shape index (κ3) is 4.25. The molecule has 0 bridgehead atoms. The molecule has 8 heteroatoms. The molecule has 1 amide bonds. The molecule has 0 radical (unpaired) electrons. The van der Waals surface area contributed by atoms with Gasteiger partial charge >= 0.3 is 10.2 Å². The fourth-order valence-corrected chi connectivity index (χ4v) is 5.44. The number of carbonyl (C=O) groups excluding carboxylic acids is 1. The van der Waals surface area contributed by atoms with Crippen molar-refractivity contribution in [3.05, 3.63) is 71.1 Å². The Balaban J connectivity index is 1.37. The molecule has 28 heavy (non-hydrogen) atoms. The Bertz CT molecular complexity index is 1040. The topological polar surface area (TPSA) is 69.7 Å². The first kappa shape index (κ1) is 19.1. The van der Waals surface area contributed by atoms with Crippen molar-refractivity contribution in [2.24, 2.45) is 0 Å². The maximum absolute atomic E-state index is 12.6. The van der Waals surface area contributed by atoms with Gasteiger partial charge in [-0.15, -0.1) is 11.3 Å². The largest absolute Gasteiger partial charge is 0.304 e. The molecule has 1 N–H and O–H groups in total. The van der Waals surface area contributed by atoms with Gasteiger partial charge in [-0.1, -0.05) is 48.5 Å². The maximum Gasteiger partial charge on any atom is 0.304 e. The third-order valence-electron chi connectivity index (χ3n) is 4.79. The van der Waals surface area contributed by atoms with Crippen LogP contribution in [0.25, 0.3) is 10.1 Å². The van der Waals surface area contributed by atoms with Crippen LogP contribution in [0.1, 0.15) is 15.2 Å². The predicted octanol–water partition coefficient (Wildman–Crippen LogP) is 2.69. The number of fused-ring (bicyclic) bond motifs is 1. The van der Waals surface area contributed by atoms with Crippen LogP contribution in [0, 0.1) is 0 Å². The van der Waals surface area contributed by atoms with Crippen molar-refractivity contribution in [2.45, 2.75) is 6.54 Å². The summed E-state index contributed by atoms with van der Waals surface area (Å²) in [5, 5.41) is 0.935. The summed E-state index contributed by atoms with van der Waals surface area (Å²) in [6, 6.07) is 19.4. The van der Waals surface area contributed by atoms with Crippen molar-refractivity contribution in [3.63, 3.8) is 0 Å². The maximum atomic E-state index is 12.6. The molecule has 0 spiro atoms. The fraction of sp³-hybridized carbons (Fsp3) is 0.250. The first-order valence-corrected chi connectivity index (χ1v) is 11.3. The molecule has 2 heterocycles. The normalized spacial score (nSPS) is 16.3. The summed E-state index contributed by atoms with van der Waals surface area (Å²) >= 11 is 1.29. The van der Waals surface area contributed by atoms with E-state index in [-0.39, 0.29) is 0 Å². The van der Waals surface area contributed by atoms with E-state index in [9.17, 15) is 13.2 Å². The van der Waals surface area contributed by atoms with E-state index in [2.05, 4.69) is 21.8 Å². The Morgan fingerprint density at radius 2 is 1.64 bits per heavy atom. The van der Waals surface area contributed by atoms with Crippen molar-refractivity contribution in [2.75, 3.05) is 26.2 Å². The first-order valence-electron chi connectivity index (χ1n) is 9.08. The SMILES string of the molecule is O=C(NS(=O)(=O)N1CCN(Cc2ccccc2)CC1)c1cc2ccccc2s1. The van der Waals surface area contributed by atoms with Gasteiger partial charge in [-0.05, 0) is 23.1 Å². The zero-order chi connectivity index (χ0) is 19.6. The lowest BCUT2D eigenvalue weighted by molar-refractivity contribution is 0.0981. The molecule has 1 saturated heterocycles. The van der Waals surface area contributed by atoms with Gasteiger partial charge in [-0.2, -0.15) is 12.7 Å². The van der Waals surface area contributed by atoms with Crippen molar-refractivity contribution < 1.29 is 13.2 Å². The molecular formula is C20H21N3O3S2. The van der Waals surface area contributed by atoms with Gasteiger partial charge in [0, 0.05) is 37.4 Å². The van der Waals surface area contributed by atoms with Gasteiger partial charge in [-0.25, -0.2) is 4.72 Å². The van der Waals surface area contributed by atoms with Gasteiger partial charge in [0.2, 0.25) is 0 Å². The third-order valence-corrected chi connectivity index (χ3v) is 7.39. The number of hydrogen-bond donors (Lipinski definition) is 1. The van der Waals surface area contributed by atoms with Crippen LogP contribution in [0.2, 0.25) is 0 Å². The zero-order valence-corrected chi connectivity index (χ0v) is 16.9. The smallest absolute Gasteiger partial charge is 0.296 e. The average Bonchev–Trinajstić information content (AvgIpc) is 3.13. The van der Waals surface area contributed by atoms with E-state index in [0.717, 1.165) is 16.6 Å². The second kappa shape index (κ2) is 8.00. The highest BCUT2D eigenvalue weighted by atomic mass is 32.2. The highest BCUT2D eigenvalue weighted by Gasteiger charge is 2.29. The molecule has 1 aliphatic rings. The Hall–Kier alpha value is -2.26. The predicted molar refractivity (Wildman–Crippen MR) is 112 cm³/mol. The zero-order valence-electron chi connectivity index (χ0n) is 15.2. The summed E-state index contributed by atoms with van der Waals surface area (Å²) in [5.74, 6) is -0.576. The van der Waals surface area contributed by atoms with E-state index in [1.165, 1.54) is 21.2 Å². The van der Waals surface area contributed by atoms with Crippen LogP contribution in [0.15, 0.2) is 60.7 Å². The van der Waals surface area contributed by atoms with Crippen molar-refractivity contribution in [3.8, 4) is 0 Å². The summed E-state index contributed by atoms with van der Waals surface area (Å²) in [5.41, 5.74) is 1.21. The fourth-order valence-electron chi connectivity index (χ4n) is 3.30. The minimum atomic E-state index is -3.85. The van der Waals surface area contributed by atoms with Crippen molar-refractivity contribution in [1.29, 1.82) is 0 Å². The van der Waals surface area contributed by atoms with E-state index >= 15 is 0 Å². The summed E-state index contributed by atoms with van der Waals surface area (Å²) in [4.78, 5) is 15.1. The molecule has 0 aliphatic carbocycles. The van der Waals surface area contributed by atoms with Crippen LogP contribution in [-0.2, 0) is 16.8 Å².